The highest BCUT2D eigenvalue weighted by Gasteiger charge is 2.29. The minimum absolute atomic E-state index is 0.225. The summed E-state index contributed by atoms with van der Waals surface area (Å²) in [6.07, 6.45) is 1.58. The lowest BCUT2D eigenvalue weighted by Crippen LogP contribution is -2.48. The number of piperazine rings is 1. The lowest BCUT2D eigenvalue weighted by molar-refractivity contribution is 0.178. The third-order valence-corrected chi connectivity index (χ3v) is 6.60. The molecule has 27 heavy (non-hydrogen) atoms. The molecular weight excluding hydrogens is 390 g/mol. The van der Waals surface area contributed by atoms with Crippen LogP contribution in [-0.4, -0.2) is 49.0 Å². The van der Waals surface area contributed by atoms with Gasteiger partial charge in [0.05, 0.1) is 16.9 Å². The number of sulfonamides is 1. The van der Waals surface area contributed by atoms with Crippen molar-refractivity contribution in [2.75, 3.05) is 26.2 Å². The van der Waals surface area contributed by atoms with Crippen molar-refractivity contribution in [3.05, 3.63) is 59.4 Å². The monoisotopic (exact) mass is 407 g/mol. The summed E-state index contributed by atoms with van der Waals surface area (Å²) in [6, 6.07) is 11.8. The van der Waals surface area contributed by atoms with Crippen LogP contribution in [-0.2, 0) is 16.6 Å². The topological polar surface area (TPSA) is 79.8 Å². The zero-order chi connectivity index (χ0) is 18.9. The van der Waals surface area contributed by atoms with Gasteiger partial charge in [-0.05, 0) is 30.3 Å². The molecule has 3 heterocycles. The third-order valence-electron chi connectivity index (χ3n) is 4.47. The van der Waals surface area contributed by atoms with E-state index in [1.807, 2.05) is 12.1 Å². The lowest BCUT2D eigenvalue weighted by Gasteiger charge is -2.33. The number of halogens is 1. The molecule has 0 amide bonds. The van der Waals surface area contributed by atoms with Gasteiger partial charge in [-0.3, -0.25) is 4.90 Å². The summed E-state index contributed by atoms with van der Waals surface area (Å²) in [6.45, 7) is 2.65. The van der Waals surface area contributed by atoms with Crippen LogP contribution in [0.3, 0.4) is 0 Å². The van der Waals surface area contributed by atoms with Gasteiger partial charge in [-0.1, -0.05) is 22.8 Å². The molecule has 0 aliphatic carbocycles. The Morgan fingerprint density at radius 1 is 1.04 bits per heavy atom. The highest BCUT2D eigenvalue weighted by atomic mass is 35.5. The molecule has 0 bridgehead atoms. The molecule has 3 aromatic rings. The second-order valence-corrected chi connectivity index (χ2v) is 8.67. The number of hydrogen-bond donors (Lipinski definition) is 0. The number of nitrogens with zero attached hydrogens (tertiary/aromatic N) is 3. The van der Waals surface area contributed by atoms with E-state index in [-0.39, 0.29) is 4.90 Å². The molecule has 9 heteroatoms. The van der Waals surface area contributed by atoms with E-state index in [1.165, 1.54) is 10.4 Å². The Balaban J connectivity index is 1.38. The van der Waals surface area contributed by atoms with Crippen LogP contribution in [0.15, 0.2) is 62.6 Å². The summed E-state index contributed by atoms with van der Waals surface area (Å²) < 4.78 is 37.6. The number of hydrogen-bond acceptors (Lipinski definition) is 6. The Bertz CT molecular complexity index is 1010. The molecule has 4 rings (SSSR count). The van der Waals surface area contributed by atoms with Gasteiger partial charge in [0.25, 0.3) is 0 Å². The van der Waals surface area contributed by atoms with Crippen molar-refractivity contribution in [3.8, 4) is 11.5 Å². The maximum atomic E-state index is 12.8. The summed E-state index contributed by atoms with van der Waals surface area (Å²) in [5.74, 6) is 1.21. The van der Waals surface area contributed by atoms with Crippen LogP contribution >= 0.6 is 11.6 Å². The van der Waals surface area contributed by atoms with Gasteiger partial charge < -0.3 is 8.94 Å². The highest BCUT2D eigenvalue weighted by Crippen LogP contribution is 2.23. The Labute approximate surface area is 162 Å². The summed E-state index contributed by atoms with van der Waals surface area (Å²) in [7, 11) is -3.53. The van der Waals surface area contributed by atoms with Crippen molar-refractivity contribution < 1.29 is 17.4 Å². The molecule has 1 aliphatic heterocycles. The Morgan fingerprint density at radius 3 is 2.56 bits per heavy atom. The van der Waals surface area contributed by atoms with E-state index >= 15 is 0 Å². The second-order valence-electron chi connectivity index (χ2n) is 6.30. The van der Waals surface area contributed by atoms with Crippen LogP contribution in [0.2, 0.25) is 5.02 Å². The van der Waals surface area contributed by atoms with Crippen LogP contribution in [0.1, 0.15) is 5.69 Å². The lowest BCUT2D eigenvalue weighted by atomic mass is 10.3. The van der Waals surface area contributed by atoms with E-state index < -0.39 is 10.0 Å². The number of rotatable bonds is 5. The largest absolute Gasteiger partial charge is 0.461 e. The molecule has 0 N–H and O–H groups in total. The van der Waals surface area contributed by atoms with E-state index in [4.69, 9.17) is 20.5 Å². The Kier molecular flexibility index (Phi) is 5.05. The van der Waals surface area contributed by atoms with Crippen molar-refractivity contribution in [3.63, 3.8) is 0 Å². The first kappa shape index (κ1) is 18.2. The van der Waals surface area contributed by atoms with Gasteiger partial charge in [0, 0.05) is 43.8 Å². The molecule has 0 radical (unpaired) electrons. The van der Waals surface area contributed by atoms with Crippen LogP contribution in [0.25, 0.3) is 11.5 Å². The molecule has 0 saturated carbocycles. The minimum Gasteiger partial charge on any atom is -0.461 e. The number of benzene rings is 1. The normalized spacial score (nSPS) is 16.6. The molecule has 7 nitrogen and oxygen atoms in total. The number of furan rings is 1. The molecule has 1 fully saturated rings. The summed E-state index contributed by atoms with van der Waals surface area (Å²) in [5.41, 5.74) is 0.785. The van der Waals surface area contributed by atoms with Gasteiger partial charge >= 0.3 is 0 Å². The first-order valence-electron chi connectivity index (χ1n) is 8.50. The Morgan fingerprint density at radius 2 is 1.85 bits per heavy atom. The first-order chi connectivity index (χ1) is 13.0. The second kappa shape index (κ2) is 7.47. The van der Waals surface area contributed by atoms with E-state index in [2.05, 4.69) is 10.1 Å². The minimum atomic E-state index is -3.53. The maximum absolute atomic E-state index is 12.8. The fraction of sp³-hybridized carbons (Fsp3) is 0.278. The molecule has 1 aromatic carbocycles. The van der Waals surface area contributed by atoms with E-state index in [0.717, 1.165) is 5.69 Å². The van der Waals surface area contributed by atoms with Crippen molar-refractivity contribution in [1.29, 1.82) is 0 Å². The predicted octanol–water partition coefficient (Wildman–Crippen LogP) is 3.09. The van der Waals surface area contributed by atoms with Gasteiger partial charge in [-0.2, -0.15) is 4.31 Å². The van der Waals surface area contributed by atoms with Crippen LogP contribution in [0.4, 0.5) is 0 Å². The zero-order valence-electron chi connectivity index (χ0n) is 14.4. The molecule has 2 aromatic heterocycles. The molecule has 142 valence electrons. The summed E-state index contributed by atoms with van der Waals surface area (Å²) >= 11 is 5.93. The standard InChI is InChI=1S/C18H18ClN3O4S/c19-14-3-1-4-16(11-14)27(23,24)22-8-6-21(7-9-22)13-15-12-18(26-20-15)17-5-2-10-25-17/h1-5,10-12H,6-9,13H2. The number of aromatic nitrogens is 1. The van der Waals surface area contributed by atoms with E-state index in [0.29, 0.717) is 49.3 Å². The van der Waals surface area contributed by atoms with Gasteiger partial charge in [0.1, 0.15) is 0 Å². The van der Waals surface area contributed by atoms with Gasteiger partial charge in [0.2, 0.25) is 15.8 Å². The van der Waals surface area contributed by atoms with Crippen LogP contribution in [0, 0.1) is 0 Å². The summed E-state index contributed by atoms with van der Waals surface area (Å²) in [5, 5.41) is 4.48. The van der Waals surface area contributed by atoms with Crippen molar-refractivity contribution in [2.45, 2.75) is 11.4 Å². The maximum Gasteiger partial charge on any atom is 0.243 e. The van der Waals surface area contributed by atoms with Crippen molar-refractivity contribution in [2.24, 2.45) is 0 Å². The van der Waals surface area contributed by atoms with E-state index in [9.17, 15) is 8.42 Å². The predicted molar refractivity (Wildman–Crippen MR) is 99.7 cm³/mol. The third kappa shape index (κ3) is 3.93. The molecule has 1 saturated heterocycles. The average Bonchev–Trinajstić information content (AvgIpc) is 3.34. The molecular formula is C18H18ClN3O4S. The van der Waals surface area contributed by atoms with Gasteiger partial charge in [0.15, 0.2) is 5.76 Å². The first-order valence-corrected chi connectivity index (χ1v) is 10.3. The van der Waals surface area contributed by atoms with Crippen molar-refractivity contribution in [1.82, 2.24) is 14.4 Å². The average molecular weight is 408 g/mol. The fourth-order valence-corrected chi connectivity index (χ4v) is 4.78. The highest BCUT2D eigenvalue weighted by molar-refractivity contribution is 7.89. The van der Waals surface area contributed by atoms with Crippen molar-refractivity contribution >= 4 is 21.6 Å². The molecule has 0 unspecified atom stereocenters. The fourth-order valence-electron chi connectivity index (χ4n) is 3.05. The van der Waals surface area contributed by atoms with Gasteiger partial charge in [-0.15, -0.1) is 0 Å². The summed E-state index contributed by atoms with van der Waals surface area (Å²) in [4.78, 5) is 2.37. The van der Waals surface area contributed by atoms with Crippen LogP contribution < -0.4 is 0 Å². The molecule has 1 aliphatic rings. The smallest absolute Gasteiger partial charge is 0.243 e. The zero-order valence-corrected chi connectivity index (χ0v) is 16.0. The molecule has 0 atom stereocenters. The van der Waals surface area contributed by atoms with Gasteiger partial charge in [-0.25, -0.2) is 8.42 Å². The molecule has 0 spiro atoms. The SMILES string of the molecule is O=S(=O)(c1cccc(Cl)c1)N1CCN(Cc2cc(-c3ccco3)on2)CC1. The van der Waals surface area contributed by atoms with Crippen LogP contribution in [0.5, 0.6) is 0 Å². The quantitative estimate of drug-likeness (QED) is 0.646. The Hall–Kier alpha value is -2.13. The van der Waals surface area contributed by atoms with E-state index in [1.54, 1.807) is 30.5 Å².